The fraction of sp³-hybridized carbons (Fsp3) is 0.188. The molecule has 0 bridgehead atoms. The van der Waals surface area contributed by atoms with E-state index in [0.717, 1.165) is 11.3 Å². The summed E-state index contributed by atoms with van der Waals surface area (Å²) < 4.78 is 16.1. The predicted octanol–water partition coefficient (Wildman–Crippen LogP) is 3.15. The Kier molecular flexibility index (Phi) is 4.46. The van der Waals surface area contributed by atoms with Gasteiger partial charge in [0.05, 0.1) is 25.9 Å². The largest absolute Gasteiger partial charge is 0.497 e. The first kappa shape index (κ1) is 13.8. The number of nitrogens with zero attached hydrogens (tertiary/aromatic N) is 1. The minimum absolute atomic E-state index is 0.363. The quantitative estimate of drug-likeness (QED) is 0.836. The van der Waals surface area contributed by atoms with Gasteiger partial charge in [0.2, 0.25) is 0 Å². The summed E-state index contributed by atoms with van der Waals surface area (Å²) >= 11 is 0. The normalized spacial score (nSPS) is 9.65. The van der Waals surface area contributed by atoms with E-state index in [1.54, 1.807) is 32.4 Å². The monoisotopic (exact) mass is 269 g/mol. The molecule has 0 aliphatic rings. The Morgan fingerprint density at radius 2 is 1.75 bits per heavy atom. The number of methoxy groups -OCH3 is 2. The Balaban J connectivity index is 2.16. The molecule has 0 aromatic heterocycles. The summed E-state index contributed by atoms with van der Waals surface area (Å²) in [5, 5.41) is 8.97. The van der Waals surface area contributed by atoms with Gasteiger partial charge in [-0.15, -0.1) is 0 Å². The molecule has 0 radical (unpaired) electrons. The molecule has 2 aromatic rings. The van der Waals surface area contributed by atoms with E-state index in [0.29, 0.717) is 23.7 Å². The molecule has 0 spiro atoms. The van der Waals surface area contributed by atoms with Crippen LogP contribution >= 0.6 is 0 Å². The van der Waals surface area contributed by atoms with E-state index in [4.69, 9.17) is 19.5 Å². The van der Waals surface area contributed by atoms with Crippen LogP contribution in [0.1, 0.15) is 11.1 Å². The highest BCUT2D eigenvalue weighted by Crippen LogP contribution is 2.25. The molecule has 0 unspecified atom stereocenters. The molecule has 4 nitrogen and oxygen atoms in total. The van der Waals surface area contributed by atoms with Crippen molar-refractivity contribution < 1.29 is 14.2 Å². The van der Waals surface area contributed by atoms with E-state index in [-0.39, 0.29) is 0 Å². The van der Waals surface area contributed by atoms with Crippen LogP contribution in [0, 0.1) is 11.3 Å². The summed E-state index contributed by atoms with van der Waals surface area (Å²) in [6.07, 6.45) is 0. The zero-order valence-corrected chi connectivity index (χ0v) is 11.4. The number of para-hydroxylation sites is 1. The number of rotatable bonds is 5. The Labute approximate surface area is 118 Å². The van der Waals surface area contributed by atoms with Crippen LogP contribution in [0.3, 0.4) is 0 Å². The van der Waals surface area contributed by atoms with Crippen LogP contribution < -0.4 is 14.2 Å². The molecule has 0 saturated carbocycles. The molecule has 0 N–H and O–H groups in total. The molecule has 0 atom stereocenters. The van der Waals surface area contributed by atoms with Gasteiger partial charge in [0.1, 0.15) is 23.9 Å². The maximum Gasteiger partial charge on any atom is 0.125 e. The molecule has 0 saturated heterocycles. The van der Waals surface area contributed by atoms with E-state index in [9.17, 15) is 0 Å². The van der Waals surface area contributed by atoms with Gasteiger partial charge in [-0.25, -0.2) is 0 Å². The molecule has 20 heavy (non-hydrogen) atoms. The van der Waals surface area contributed by atoms with Crippen LogP contribution in [-0.2, 0) is 6.61 Å². The van der Waals surface area contributed by atoms with Gasteiger partial charge >= 0.3 is 0 Å². The van der Waals surface area contributed by atoms with Crippen molar-refractivity contribution >= 4 is 0 Å². The standard InChI is InChI=1S/C16H15NO3/c1-18-14-7-12(10-17)8-15(9-14)20-11-13-5-3-4-6-16(13)19-2/h3-9H,11H2,1-2H3. The molecular formula is C16H15NO3. The van der Waals surface area contributed by atoms with Crippen molar-refractivity contribution in [3.05, 3.63) is 53.6 Å². The lowest BCUT2D eigenvalue weighted by Crippen LogP contribution is -1.99. The van der Waals surface area contributed by atoms with Gasteiger partial charge in [0.25, 0.3) is 0 Å². The van der Waals surface area contributed by atoms with Crippen molar-refractivity contribution in [3.63, 3.8) is 0 Å². The van der Waals surface area contributed by atoms with Crippen molar-refractivity contribution in [3.8, 4) is 23.3 Å². The van der Waals surface area contributed by atoms with E-state index in [1.165, 1.54) is 0 Å². The topological polar surface area (TPSA) is 51.5 Å². The van der Waals surface area contributed by atoms with E-state index >= 15 is 0 Å². The van der Waals surface area contributed by atoms with Crippen LogP contribution in [-0.4, -0.2) is 14.2 Å². The lowest BCUT2D eigenvalue weighted by atomic mass is 10.2. The maximum atomic E-state index is 8.97. The number of hydrogen-bond acceptors (Lipinski definition) is 4. The van der Waals surface area contributed by atoms with Crippen molar-refractivity contribution in [1.29, 1.82) is 5.26 Å². The molecule has 2 aromatic carbocycles. The van der Waals surface area contributed by atoms with E-state index in [2.05, 4.69) is 6.07 Å². The summed E-state index contributed by atoms with van der Waals surface area (Å²) in [5.74, 6) is 1.96. The summed E-state index contributed by atoms with van der Waals surface area (Å²) in [5.41, 5.74) is 1.44. The molecule has 2 rings (SSSR count). The average Bonchev–Trinajstić information content (AvgIpc) is 2.52. The molecule has 0 aliphatic carbocycles. The lowest BCUT2D eigenvalue weighted by molar-refractivity contribution is 0.294. The molecule has 4 heteroatoms. The zero-order chi connectivity index (χ0) is 14.4. The van der Waals surface area contributed by atoms with Crippen molar-refractivity contribution in [1.82, 2.24) is 0 Å². The number of hydrogen-bond donors (Lipinski definition) is 0. The molecule has 0 heterocycles. The summed E-state index contributed by atoms with van der Waals surface area (Å²) in [7, 11) is 3.18. The number of benzene rings is 2. The average molecular weight is 269 g/mol. The molecule has 0 fully saturated rings. The van der Waals surface area contributed by atoms with Crippen LogP contribution in [0.2, 0.25) is 0 Å². The van der Waals surface area contributed by atoms with Gasteiger partial charge in [-0.1, -0.05) is 18.2 Å². The van der Waals surface area contributed by atoms with Gasteiger partial charge in [0, 0.05) is 11.6 Å². The Bertz CT molecular complexity index is 632. The second-order valence-corrected chi connectivity index (χ2v) is 4.11. The number of nitriles is 1. The first-order chi connectivity index (χ1) is 9.76. The highest BCUT2D eigenvalue weighted by atomic mass is 16.5. The minimum atomic E-state index is 0.363. The Morgan fingerprint density at radius 3 is 2.45 bits per heavy atom. The molecule has 0 aliphatic heterocycles. The van der Waals surface area contributed by atoms with Gasteiger partial charge < -0.3 is 14.2 Å². The smallest absolute Gasteiger partial charge is 0.125 e. The third-order valence-electron chi connectivity index (χ3n) is 2.83. The fourth-order valence-corrected chi connectivity index (χ4v) is 1.82. The molecule has 102 valence electrons. The number of ether oxygens (including phenoxy) is 3. The minimum Gasteiger partial charge on any atom is -0.497 e. The lowest BCUT2D eigenvalue weighted by Gasteiger charge is -2.11. The maximum absolute atomic E-state index is 8.97. The van der Waals surface area contributed by atoms with Crippen LogP contribution in [0.5, 0.6) is 17.2 Å². The predicted molar refractivity (Wildman–Crippen MR) is 75.0 cm³/mol. The fourth-order valence-electron chi connectivity index (χ4n) is 1.82. The third kappa shape index (κ3) is 3.21. The second-order valence-electron chi connectivity index (χ2n) is 4.11. The van der Waals surface area contributed by atoms with Gasteiger partial charge in [0.15, 0.2) is 0 Å². The third-order valence-corrected chi connectivity index (χ3v) is 2.83. The van der Waals surface area contributed by atoms with Gasteiger partial charge in [-0.2, -0.15) is 5.26 Å². The first-order valence-electron chi connectivity index (χ1n) is 6.10. The van der Waals surface area contributed by atoms with Crippen LogP contribution in [0.4, 0.5) is 0 Å². The van der Waals surface area contributed by atoms with Crippen LogP contribution in [0.25, 0.3) is 0 Å². The molecular weight excluding hydrogens is 254 g/mol. The SMILES string of the molecule is COc1cc(C#N)cc(OCc2ccccc2OC)c1. The van der Waals surface area contributed by atoms with Crippen molar-refractivity contribution in [2.75, 3.05) is 14.2 Å². The highest BCUT2D eigenvalue weighted by Gasteiger charge is 2.05. The van der Waals surface area contributed by atoms with E-state index in [1.807, 2.05) is 24.3 Å². The van der Waals surface area contributed by atoms with Crippen molar-refractivity contribution in [2.24, 2.45) is 0 Å². The Hall–Kier alpha value is -2.67. The first-order valence-corrected chi connectivity index (χ1v) is 6.10. The summed E-state index contributed by atoms with van der Waals surface area (Å²) in [4.78, 5) is 0. The summed E-state index contributed by atoms with van der Waals surface area (Å²) in [6, 6.07) is 14.8. The van der Waals surface area contributed by atoms with Gasteiger partial charge in [-0.3, -0.25) is 0 Å². The highest BCUT2D eigenvalue weighted by molar-refractivity contribution is 5.44. The molecule has 0 amide bonds. The van der Waals surface area contributed by atoms with Crippen LogP contribution in [0.15, 0.2) is 42.5 Å². The Morgan fingerprint density at radius 1 is 1.00 bits per heavy atom. The van der Waals surface area contributed by atoms with Gasteiger partial charge in [-0.05, 0) is 18.2 Å². The second kappa shape index (κ2) is 6.48. The summed E-state index contributed by atoms with van der Waals surface area (Å²) in [6.45, 7) is 0.363. The van der Waals surface area contributed by atoms with Crippen molar-refractivity contribution in [2.45, 2.75) is 6.61 Å². The van der Waals surface area contributed by atoms with E-state index < -0.39 is 0 Å². The zero-order valence-electron chi connectivity index (χ0n) is 11.4.